The summed E-state index contributed by atoms with van der Waals surface area (Å²) in [6.07, 6.45) is 7.65. The second kappa shape index (κ2) is 6.57. The molecular weight excluding hydrogens is 332 g/mol. The van der Waals surface area contributed by atoms with Gasteiger partial charge in [0.1, 0.15) is 18.1 Å². The van der Waals surface area contributed by atoms with Crippen LogP contribution in [0.5, 0.6) is 11.5 Å². The zero-order valence-corrected chi connectivity index (χ0v) is 14.2. The maximum Gasteiger partial charge on any atom is 0.127 e. The van der Waals surface area contributed by atoms with Crippen molar-refractivity contribution in [2.24, 2.45) is 0 Å². The van der Waals surface area contributed by atoms with Gasteiger partial charge in [-0.05, 0) is 31.7 Å². The molecule has 1 atom stereocenters. The molecule has 0 aromatic heterocycles. The molecule has 0 amide bonds. The minimum absolute atomic E-state index is 0.181. The van der Waals surface area contributed by atoms with Gasteiger partial charge in [0, 0.05) is 17.0 Å². The molecule has 1 unspecified atom stereocenters. The SMILES string of the molecule is COc1ccc(CBr)c(OCC2CCC3(CCCC3)O2)c1. The van der Waals surface area contributed by atoms with E-state index in [1.165, 1.54) is 32.1 Å². The highest BCUT2D eigenvalue weighted by atomic mass is 79.9. The minimum Gasteiger partial charge on any atom is -0.497 e. The van der Waals surface area contributed by atoms with Crippen LogP contribution in [0.2, 0.25) is 0 Å². The van der Waals surface area contributed by atoms with Gasteiger partial charge in [-0.1, -0.05) is 34.8 Å². The van der Waals surface area contributed by atoms with Gasteiger partial charge in [-0.25, -0.2) is 0 Å². The van der Waals surface area contributed by atoms with Crippen molar-refractivity contribution in [1.82, 2.24) is 0 Å². The van der Waals surface area contributed by atoms with Gasteiger partial charge in [0.25, 0.3) is 0 Å². The molecule has 1 heterocycles. The summed E-state index contributed by atoms with van der Waals surface area (Å²) < 4.78 is 17.6. The number of ether oxygens (including phenoxy) is 3. The fourth-order valence-electron chi connectivity index (χ4n) is 3.49. The number of benzene rings is 1. The molecule has 4 heteroatoms. The third kappa shape index (κ3) is 3.37. The molecule has 2 fully saturated rings. The van der Waals surface area contributed by atoms with E-state index in [4.69, 9.17) is 14.2 Å². The Hall–Kier alpha value is -0.740. The summed E-state index contributed by atoms with van der Waals surface area (Å²) in [5, 5.41) is 0.780. The molecule has 1 saturated heterocycles. The molecule has 3 rings (SSSR count). The number of rotatable bonds is 5. The van der Waals surface area contributed by atoms with Crippen molar-refractivity contribution in [2.45, 2.75) is 55.6 Å². The molecule has 1 saturated carbocycles. The molecule has 1 aliphatic heterocycles. The number of hydrogen-bond acceptors (Lipinski definition) is 3. The van der Waals surface area contributed by atoms with E-state index >= 15 is 0 Å². The molecule has 1 aromatic carbocycles. The van der Waals surface area contributed by atoms with Gasteiger partial charge >= 0.3 is 0 Å². The van der Waals surface area contributed by atoms with Crippen molar-refractivity contribution in [3.8, 4) is 11.5 Å². The lowest BCUT2D eigenvalue weighted by Gasteiger charge is -2.24. The van der Waals surface area contributed by atoms with Crippen molar-refractivity contribution in [2.75, 3.05) is 13.7 Å². The third-order valence-corrected chi connectivity index (χ3v) is 5.30. The summed E-state index contributed by atoms with van der Waals surface area (Å²) in [7, 11) is 1.68. The molecule has 1 spiro atoms. The van der Waals surface area contributed by atoms with Crippen molar-refractivity contribution in [3.05, 3.63) is 23.8 Å². The van der Waals surface area contributed by atoms with Crippen LogP contribution in [0.1, 0.15) is 44.1 Å². The fourth-order valence-corrected chi connectivity index (χ4v) is 3.95. The molecular formula is C17H23BrO3. The van der Waals surface area contributed by atoms with Crippen LogP contribution in [0.4, 0.5) is 0 Å². The Morgan fingerprint density at radius 2 is 2.10 bits per heavy atom. The van der Waals surface area contributed by atoms with Crippen LogP contribution in [0.3, 0.4) is 0 Å². The Morgan fingerprint density at radius 1 is 1.29 bits per heavy atom. The predicted octanol–water partition coefficient (Wildman–Crippen LogP) is 4.46. The maximum atomic E-state index is 6.29. The number of alkyl halides is 1. The summed E-state index contributed by atoms with van der Waals surface area (Å²) in [6, 6.07) is 5.96. The zero-order chi connectivity index (χ0) is 14.7. The first-order chi connectivity index (χ1) is 10.2. The van der Waals surface area contributed by atoms with Crippen LogP contribution in [-0.2, 0) is 10.1 Å². The van der Waals surface area contributed by atoms with Gasteiger partial charge < -0.3 is 14.2 Å². The quantitative estimate of drug-likeness (QED) is 0.730. The topological polar surface area (TPSA) is 27.7 Å². The summed E-state index contributed by atoms with van der Waals surface area (Å²) in [4.78, 5) is 0. The van der Waals surface area contributed by atoms with Gasteiger partial charge in [0.05, 0.1) is 18.8 Å². The second-order valence-electron chi connectivity index (χ2n) is 6.09. The van der Waals surface area contributed by atoms with Gasteiger partial charge in [0.2, 0.25) is 0 Å². The van der Waals surface area contributed by atoms with Gasteiger partial charge in [-0.15, -0.1) is 0 Å². The molecule has 0 bridgehead atoms. The first kappa shape index (κ1) is 15.2. The van der Waals surface area contributed by atoms with Crippen molar-refractivity contribution in [3.63, 3.8) is 0 Å². The van der Waals surface area contributed by atoms with Gasteiger partial charge in [0.15, 0.2) is 0 Å². The van der Waals surface area contributed by atoms with E-state index in [2.05, 4.69) is 15.9 Å². The van der Waals surface area contributed by atoms with Crippen LogP contribution in [0.15, 0.2) is 18.2 Å². The molecule has 0 radical (unpaired) electrons. The Bertz CT molecular complexity index is 483. The monoisotopic (exact) mass is 354 g/mol. The van der Waals surface area contributed by atoms with E-state index in [9.17, 15) is 0 Å². The molecule has 1 aromatic rings. The van der Waals surface area contributed by atoms with E-state index < -0.39 is 0 Å². The molecule has 2 aliphatic rings. The molecule has 116 valence electrons. The van der Waals surface area contributed by atoms with Crippen molar-refractivity contribution >= 4 is 15.9 Å². The molecule has 0 N–H and O–H groups in total. The van der Waals surface area contributed by atoms with E-state index in [0.717, 1.165) is 28.8 Å². The third-order valence-electron chi connectivity index (χ3n) is 4.70. The van der Waals surface area contributed by atoms with Crippen molar-refractivity contribution in [1.29, 1.82) is 0 Å². The van der Waals surface area contributed by atoms with Crippen molar-refractivity contribution < 1.29 is 14.2 Å². The Morgan fingerprint density at radius 3 is 2.81 bits per heavy atom. The lowest BCUT2D eigenvalue weighted by Crippen LogP contribution is -2.27. The number of halogens is 1. The van der Waals surface area contributed by atoms with Crippen LogP contribution >= 0.6 is 15.9 Å². The van der Waals surface area contributed by atoms with E-state index in [-0.39, 0.29) is 11.7 Å². The fraction of sp³-hybridized carbons (Fsp3) is 0.647. The number of hydrogen-bond donors (Lipinski definition) is 0. The largest absolute Gasteiger partial charge is 0.497 e. The smallest absolute Gasteiger partial charge is 0.127 e. The highest BCUT2D eigenvalue weighted by Gasteiger charge is 2.42. The predicted molar refractivity (Wildman–Crippen MR) is 86.4 cm³/mol. The van der Waals surface area contributed by atoms with Crippen LogP contribution in [0, 0.1) is 0 Å². The highest BCUT2D eigenvalue weighted by molar-refractivity contribution is 9.08. The highest BCUT2D eigenvalue weighted by Crippen LogP contribution is 2.43. The van der Waals surface area contributed by atoms with Gasteiger partial charge in [-0.3, -0.25) is 0 Å². The minimum atomic E-state index is 0.181. The first-order valence-corrected chi connectivity index (χ1v) is 8.90. The summed E-state index contributed by atoms with van der Waals surface area (Å²) >= 11 is 3.51. The Labute approximate surface area is 135 Å². The lowest BCUT2D eigenvalue weighted by atomic mass is 9.98. The molecule has 3 nitrogen and oxygen atoms in total. The Balaban J connectivity index is 1.60. The summed E-state index contributed by atoms with van der Waals surface area (Å²) in [5.74, 6) is 1.72. The van der Waals surface area contributed by atoms with Gasteiger partial charge in [-0.2, -0.15) is 0 Å². The van der Waals surface area contributed by atoms with Crippen LogP contribution < -0.4 is 9.47 Å². The zero-order valence-electron chi connectivity index (χ0n) is 12.6. The van der Waals surface area contributed by atoms with Crippen LogP contribution in [0.25, 0.3) is 0 Å². The van der Waals surface area contributed by atoms with E-state index in [1.54, 1.807) is 7.11 Å². The molecule has 21 heavy (non-hydrogen) atoms. The standard InChI is InChI=1S/C17H23BrO3/c1-19-14-5-4-13(11-18)16(10-14)20-12-15-6-9-17(21-15)7-2-3-8-17/h4-5,10,15H,2-3,6-9,11-12H2,1H3. The maximum absolute atomic E-state index is 6.29. The first-order valence-electron chi connectivity index (χ1n) is 7.78. The average molecular weight is 355 g/mol. The summed E-state index contributed by atoms with van der Waals surface area (Å²) in [6.45, 7) is 0.634. The molecule has 1 aliphatic carbocycles. The van der Waals surface area contributed by atoms with E-state index in [1.807, 2.05) is 18.2 Å². The average Bonchev–Trinajstić information content (AvgIpc) is 3.15. The summed E-state index contributed by atoms with van der Waals surface area (Å²) in [5.41, 5.74) is 1.32. The lowest BCUT2D eigenvalue weighted by molar-refractivity contribution is -0.0509. The second-order valence-corrected chi connectivity index (χ2v) is 6.65. The normalized spacial score (nSPS) is 23.6. The Kier molecular flexibility index (Phi) is 4.75. The van der Waals surface area contributed by atoms with E-state index in [0.29, 0.717) is 6.61 Å². The number of methoxy groups -OCH3 is 1. The van der Waals surface area contributed by atoms with Crippen LogP contribution in [-0.4, -0.2) is 25.4 Å².